The molecule has 0 bridgehead atoms. The molecule has 2 atom stereocenters. The van der Waals surface area contributed by atoms with Crippen LogP contribution in [0.3, 0.4) is 0 Å². The van der Waals surface area contributed by atoms with Crippen molar-refractivity contribution in [3.8, 4) is 0 Å². The highest BCUT2D eigenvalue weighted by molar-refractivity contribution is 6.20. The van der Waals surface area contributed by atoms with Crippen molar-refractivity contribution < 1.29 is 33.5 Å². The number of hydrogen-bond acceptors (Lipinski definition) is 7. The van der Waals surface area contributed by atoms with E-state index in [1.165, 1.54) is 12.1 Å². The molecule has 2 aliphatic rings. The fraction of sp³-hybridized carbons (Fsp3) is 0.474. The van der Waals surface area contributed by atoms with Gasteiger partial charge in [0.25, 0.3) is 11.8 Å². The van der Waals surface area contributed by atoms with Crippen LogP contribution in [0, 0.1) is 5.92 Å². The highest BCUT2D eigenvalue weighted by Crippen LogP contribution is 2.26. The van der Waals surface area contributed by atoms with Gasteiger partial charge in [0, 0.05) is 6.54 Å². The quantitative estimate of drug-likeness (QED) is 0.779. The molecule has 1 saturated heterocycles. The van der Waals surface area contributed by atoms with E-state index < -0.39 is 41.5 Å². The molecule has 0 aliphatic carbocycles. The molecular weight excluding hydrogens is 368 g/mol. The Morgan fingerprint density at radius 3 is 2.36 bits per heavy atom. The van der Waals surface area contributed by atoms with Crippen LogP contribution in [0.25, 0.3) is 0 Å². The van der Waals surface area contributed by atoms with Crippen molar-refractivity contribution in [3.63, 3.8) is 0 Å². The minimum Gasteiger partial charge on any atom is -0.444 e. The number of rotatable bonds is 4. The van der Waals surface area contributed by atoms with Gasteiger partial charge < -0.3 is 19.6 Å². The van der Waals surface area contributed by atoms with Crippen LogP contribution >= 0.6 is 0 Å². The lowest BCUT2D eigenvalue weighted by molar-refractivity contribution is -0.173. The molecule has 0 radical (unpaired) electrons. The van der Waals surface area contributed by atoms with E-state index >= 15 is 0 Å². The summed E-state index contributed by atoms with van der Waals surface area (Å²) in [6.07, 6.45) is -0.682. The number of alkyl carbamates (subject to hydrolysis) is 1. The molecule has 150 valence electrons. The first-order valence-electron chi connectivity index (χ1n) is 8.94. The average molecular weight is 390 g/mol. The van der Waals surface area contributed by atoms with Gasteiger partial charge in [-0.05, 0) is 39.3 Å². The lowest BCUT2D eigenvalue weighted by Gasteiger charge is -2.20. The van der Waals surface area contributed by atoms with Gasteiger partial charge in [0.1, 0.15) is 5.60 Å². The first-order chi connectivity index (χ1) is 13.2. The summed E-state index contributed by atoms with van der Waals surface area (Å²) in [7, 11) is 0. The number of nitrogens with zero attached hydrogens (tertiary/aromatic N) is 1. The van der Waals surface area contributed by atoms with Crippen LogP contribution in [0.2, 0.25) is 0 Å². The third kappa shape index (κ3) is 4.30. The molecule has 0 spiro atoms. The van der Waals surface area contributed by atoms with Crippen molar-refractivity contribution in [2.45, 2.75) is 38.9 Å². The minimum atomic E-state index is -0.728. The normalized spacial score (nSPS) is 21.5. The molecule has 0 unspecified atom stereocenters. The van der Waals surface area contributed by atoms with Crippen LogP contribution in [-0.2, 0) is 19.1 Å². The number of carbonyl (C=O) groups excluding carboxylic acids is 4. The SMILES string of the molecule is CC(C)(C)OC(=O)NC[C@H]1C[C@@H](C(=O)ON2C(=O)c3ccccc3C2=O)CO1. The maximum Gasteiger partial charge on any atom is 0.407 e. The molecular formula is C19H22N2O7. The second-order valence-electron chi connectivity index (χ2n) is 7.63. The smallest absolute Gasteiger partial charge is 0.407 e. The zero-order valence-corrected chi connectivity index (χ0v) is 15.9. The van der Waals surface area contributed by atoms with Gasteiger partial charge in [-0.3, -0.25) is 9.59 Å². The fourth-order valence-corrected chi connectivity index (χ4v) is 2.94. The summed E-state index contributed by atoms with van der Waals surface area (Å²) in [6.45, 7) is 5.51. The van der Waals surface area contributed by atoms with Gasteiger partial charge in [-0.1, -0.05) is 17.2 Å². The third-order valence-corrected chi connectivity index (χ3v) is 4.22. The predicted molar refractivity (Wildman–Crippen MR) is 95.1 cm³/mol. The molecule has 9 nitrogen and oxygen atoms in total. The predicted octanol–water partition coefficient (Wildman–Crippen LogP) is 1.67. The van der Waals surface area contributed by atoms with Gasteiger partial charge in [-0.2, -0.15) is 0 Å². The summed E-state index contributed by atoms with van der Waals surface area (Å²) >= 11 is 0. The summed E-state index contributed by atoms with van der Waals surface area (Å²) < 4.78 is 10.6. The molecule has 2 aliphatic heterocycles. The highest BCUT2D eigenvalue weighted by Gasteiger charge is 2.41. The van der Waals surface area contributed by atoms with Crippen LogP contribution in [0.5, 0.6) is 0 Å². The Labute approximate surface area is 161 Å². The van der Waals surface area contributed by atoms with Crippen LogP contribution in [0.15, 0.2) is 24.3 Å². The standard InChI is InChI=1S/C19H22N2O7/c1-19(2,3)27-18(25)20-9-12-8-11(10-26-12)17(24)28-21-15(22)13-6-4-5-7-14(13)16(21)23/h4-7,11-12H,8-10H2,1-3H3,(H,20,25)/t11-,12-/m1/s1. The maximum atomic E-state index is 12.4. The molecule has 0 aromatic heterocycles. The Balaban J connectivity index is 1.50. The molecule has 9 heteroatoms. The zero-order valence-electron chi connectivity index (χ0n) is 15.9. The molecule has 3 rings (SSSR count). The maximum absolute atomic E-state index is 12.4. The second-order valence-corrected chi connectivity index (χ2v) is 7.63. The Morgan fingerprint density at radius 1 is 1.18 bits per heavy atom. The van der Waals surface area contributed by atoms with Gasteiger partial charge in [-0.15, -0.1) is 0 Å². The molecule has 1 fully saturated rings. The molecule has 2 heterocycles. The lowest BCUT2D eigenvalue weighted by atomic mass is 10.1. The molecule has 0 saturated carbocycles. The number of nitrogens with one attached hydrogen (secondary N) is 1. The Kier molecular flexibility index (Phi) is 5.37. The number of hydrogen-bond donors (Lipinski definition) is 1. The minimum absolute atomic E-state index is 0.0721. The van der Waals surface area contributed by atoms with Crippen LogP contribution in [0.4, 0.5) is 4.79 Å². The summed E-state index contributed by atoms with van der Waals surface area (Å²) in [5, 5.41) is 3.07. The van der Waals surface area contributed by atoms with Crippen LogP contribution in [0.1, 0.15) is 47.9 Å². The van der Waals surface area contributed by atoms with Gasteiger partial charge in [0.2, 0.25) is 0 Å². The molecule has 3 amide bonds. The van der Waals surface area contributed by atoms with Crippen molar-refractivity contribution >= 4 is 23.9 Å². The van der Waals surface area contributed by atoms with E-state index in [-0.39, 0.29) is 30.7 Å². The first kappa shape index (κ1) is 19.8. The monoisotopic (exact) mass is 390 g/mol. The van der Waals surface area contributed by atoms with E-state index in [4.69, 9.17) is 14.3 Å². The van der Waals surface area contributed by atoms with Gasteiger partial charge >= 0.3 is 12.1 Å². The number of imide groups is 1. The average Bonchev–Trinajstić information content (AvgIpc) is 3.18. The summed E-state index contributed by atoms with van der Waals surface area (Å²) in [5.74, 6) is -2.71. The number of benzene rings is 1. The molecule has 1 aromatic carbocycles. The van der Waals surface area contributed by atoms with Crippen molar-refractivity contribution in [3.05, 3.63) is 35.4 Å². The molecule has 1 N–H and O–H groups in total. The van der Waals surface area contributed by atoms with E-state index in [0.717, 1.165) is 0 Å². The first-order valence-corrected chi connectivity index (χ1v) is 8.94. The Hall–Kier alpha value is -2.94. The largest absolute Gasteiger partial charge is 0.444 e. The van der Waals surface area contributed by atoms with Crippen LogP contribution in [-0.4, -0.2) is 53.8 Å². The number of amides is 3. The molecule has 28 heavy (non-hydrogen) atoms. The topological polar surface area (TPSA) is 111 Å². The zero-order chi connectivity index (χ0) is 20.5. The van der Waals surface area contributed by atoms with E-state index in [2.05, 4.69) is 5.32 Å². The van der Waals surface area contributed by atoms with Crippen molar-refractivity contribution in [1.29, 1.82) is 0 Å². The van der Waals surface area contributed by atoms with Crippen molar-refractivity contribution in [1.82, 2.24) is 10.4 Å². The highest BCUT2D eigenvalue weighted by atomic mass is 16.7. The lowest BCUT2D eigenvalue weighted by Crippen LogP contribution is -2.37. The summed E-state index contributed by atoms with van der Waals surface area (Å²) in [5.41, 5.74) is -0.218. The van der Waals surface area contributed by atoms with E-state index in [1.54, 1.807) is 32.9 Å². The number of carbonyl (C=O) groups is 4. The number of hydroxylamine groups is 2. The van der Waals surface area contributed by atoms with Gasteiger partial charge in [-0.25, -0.2) is 9.59 Å². The van der Waals surface area contributed by atoms with Gasteiger partial charge in [0.15, 0.2) is 0 Å². The van der Waals surface area contributed by atoms with E-state index in [1.807, 2.05) is 0 Å². The van der Waals surface area contributed by atoms with E-state index in [0.29, 0.717) is 5.06 Å². The Morgan fingerprint density at radius 2 is 1.79 bits per heavy atom. The fourth-order valence-electron chi connectivity index (χ4n) is 2.94. The van der Waals surface area contributed by atoms with Crippen LogP contribution < -0.4 is 5.32 Å². The number of ether oxygens (including phenoxy) is 2. The number of fused-ring (bicyclic) bond motifs is 1. The third-order valence-electron chi connectivity index (χ3n) is 4.22. The van der Waals surface area contributed by atoms with Crippen molar-refractivity contribution in [2.24, 2.45) is 5.92 Å². The van der Waals surface area contributed by atoms with E-state index in [9.17, 15) is 19.2 Å². The summed E-state index contributed by atoms with van der Waals surface area (Å²) in [6, 6.07) is 6.26. The second kappa shape index (κ2) is 7.59. The van der Waals surface area contributed by atoms with Gasteiger partial charge in [0.05, 0.1) is 29.8 Å². The molecule has 1 aromatic rings. The van der Waals surface area contributed by atoms with Crippen molar-refractivity contribution in [2.75, 3.05) is 13.2 Å². The summed E-state index contributed by atoms with van der Waals surface area (Å²) in [4.78, 5) is 53.6. The Bertz CT molecular complexity index is 780.